The molecular weight excluding hydrogens is 379 g/mol. The van der Waals surface area contributed by atoms with E-state index in [1.54, 1.807) is 29.8 Å². The number of benzene rings is 1. The fraction of sp³-hybridized carbons (Fsp3) is 0.278. The summed E-state index contributed by atoms with van der Waals surface area (Å²) < 4.78 is 45.2. The van der Waals surface area contributed by atoms with E-state index in [9.17, 15) is 18.0 Å². The van der Waals surface area contributed by atoms with Gasteiger partial charge in [0.2, 0.25) is 0 Å². The van der Waals surface area contributed by atoms with Gasteiger partial charge in [0.25, 0.3) is 0 Å². The zero-order valence-corrected chi connectivity index (χ0v) is 15.6. The van der Waals surface area contributed by atoms with Crippen molar-refractivity contribution in [2.24, 2.45) is 7.05 Å². The van der Waals surface area contributed by atoms with Gasteiger partial charge in [0.15, 0.2) is 5.65 Å². The van der Waals surface area contributed by atoms with Gasteiger partial charge in [-0.25, -0.2) is 14.8 Å². The molecule has 0 N–H and O–H groups in total. The van der Waals surface area contributed by atoms with Gasteiger partial charge in [-0.3, -0.25) is 0 Å². The van der Waals surface area contributed by atoms with Crippen LogP contribution in [0.15, 0.2) is 35.4 Å². The Morgan fingerprint density at radius 3 is 2.67 bits per heavy atom. The van der Waals surface area contributed by atoms with Gasteiger partial charge in [0, 0.05) is 23.7 Å². The van der Waals surface area contributed by atoms with E-state index in [0.29, 0.717) is 22.6 Å². The fourth-order valence-electron chi connectivity index (χ4n) is 2.70. The van der Waals surface area contributed by atoms with Crippen molar-refractivity contribution in [2.75, 3.05) is 12.9 Å². The Hall–Kier alpha value is -2.55. The molecule has 0 aliphatic carbocycles. The van der Waals surface area contributed by atoms with Crippen molar-refractivity contribution in [3.05, 3.63) is 41.6 Å². The van der Waals surface area contributed by atoms with Gasteiger partial charge >= 0.3 is 12.1 Å². The third-order valence-corrected chi connectivity index (χ3v) is 4.92. The molecule has 0 radical (unpaired) electrons. The first kappa shape index (κ1) is 19.2. The van der Waals surface area contributed by atoms with Crippen molar-refractivity contribution < 1.29 is 22.7 Å². The number of imidazole rings is 1. The molecule has 0 unspecified atom stereocenters. The van der Waals surface area contributed by atoms with Crippen LogP contribution < -0.4 is 0 Å². The number of esters is 1. The molecule has 9 heteroatoms. The lowest BCUT2D eigenvalue weighted by Crippen LogP contribution is -2.05. The predicted molar refractivity (Wildman–Crippen MR) is 96.7 cm³/mol. The van der Waals surface area contributed by atoms with E-state index in [1.165, 1.54) is 18.9 Å². The molecule has 0 saturated carbocycles. The normalized spacial score (nSPS) is 11.8. The molecular formula is C18H16F3N3O2S. The van der Waals surface area contributed by atoms with Crippen LogP contribution in [0.2, 0.25) is 0 Å². The number of halogens is 3. The number of rotatable bonds is 4. The minimum atomic E-state index is -4.48. The minimum Gasteiger partial charge on any atom is -0.465 e. The van der Waals surface area contributed by atoms with Crippen molar-refractivity contribution in [3.8, 4) is 11.4 Å². The molecule has 0 aliphatic rings. The zero-order valence-electron chi connectivity index (χ0n) is 14.8. The largest absolute Gasteiger partial charge is 0.465 e. The monoisotopic (exact) mass is 395 g/mol. The second-order valence-electron chi connectivity index (χ2n) is 5.69. The summed E-state index contributed by atoms with van der Waals surface area (Å²) in [4.78, 5) is 20.9. The van der Waals surface area contributed by atoms with Crippen LogP contribution in [0.4, 0.5) is 13.2 Å². The van der Waals surface area contributed by atoms with E-state index in [-0.39, 0.29) is 5.52 Å². The average molecular weight is 395 g/mol. The van der Waals surface area contributed by atoms with Crippen LogP contribution in [0.25, 0.3) is 22.6 Å². The number of thioether (sulfide) groups is 1. The molecule has 5 nitrogen and oxygen atoms in total. The highest BCUT2D eigenvalue weighted by Gasteiger charge is 2.31. The van der Waals surface area contributed by atoms with Gasteiger partial charge in [-0.1, -0.05) is 6.92 Å². The molecule has 2 aromatic heterocycles. The maximum atomic E-state index is 12.9. The number of carbonyl (C=O) groups is 1. The summed E-state index contributed by atoms with van der Waals surface area (Å²) in [5.74, 6) is 0.767. The summed E-state index contributed by atoms with van der Waals surface area (Å²) in [5, 5.41) is 0. The number of ether oxygens (including phenoxy) is 1. The van der Waals surface area contributed by atoms with Crippen LogP contribution in [0.3, 0.4) is 0 Å². The lowest BCUT2D eigenvalue weighted by Gasteiger charge is -2.10. The second kappa shape index (κ2) is 7.22. The van der Waals surface area contributed by atoms with Crippen LogP contribution in [0, 0.1) is 0 Å². The summed E-state index contributed by atoms with van der Waals surface area (Å²) in [6, 6.07) is 6.01. The molecule has 0 fully saturated rings. The number of aryl methyl sites for hydroxylation is 1. The molecule has 0 spiro atoms. The van der Waals surface area contributed by atoms with Gasteiger partial charge in [-0.15, -0.1) is 11.8 Å². The SMILES string of the molecule is CCSc1cc(C(=O)OC)ccc1-c1nc2cc(C(F)(F)F)cnc2n1C. The molecule has 27 heavy (non-hydrogen) atoms. The van der Waals surface area contributed by atoms with Crippen molar-refractivity contribution in [1.82, 2.24) is 14.5 Å². The Morgan fingerprint density at radius 1 is 1.30 bits per heavy atom. The van der Waals surface area contributed by atoms with E-state index in [4.69, 9.17) is 4.74 Å². The predicted octanol–water partition coefficient (Wildman–Crippen LogP) is 4.55. The second-order valence-corrected chi connectivity index (χ2v) is 7.00. The molecule has 0 amide bonds. The van der Waals surface area contributed by atoms with Crippen LogP contribution in [-0.4, -0.2) is 33.4 Å². The maximum Gasteiger partial charge on any atom is 0.417 e. The lowest BCUT2D eigenvalue weighted by molar-refractivity contribution is -0.137. The molecule has 2 heterocycles. The van der Waals surface area contributed by atoms with Crippen LogP contribution in [-0.2, 0) is 18.0 Å². The molecule has 0 bridgehead atoms. The highest BCUT2D eigenvalue weighted by Crippen LogP contribution is 2.35. The number of methoxy groups -OCH3 is 1. The number of pyridine rings is 1. The van der Waals surface area contributed by atoms with Gasteiger partial charge in [0.05, 0.1) is 18.2 Å². The van der Waals surface area contributed by atoms with Crippen molar-refractivity contribution in [3.63, 3.8) is 0 Å². The number of alkyl halides is 3. The molecule has 3 aromatic rings. The van der Waals surface area contributed by atoms with Crippen LogP contribution in [0.5, 0.6) is 0 Å². The third kappa shape index (κ3) is 3.64. The summed E-state index contributed by atoms with van der Waals surface area (Å²) >= 11 is 1.50. The first-order valence-corrected chi connectivity index (χ1v) is 9.00. The van der Waals surface area contributed by atoms with Gasteiger partial charge < -0.3 is 9.30 Å². The Kier molecular flexibility index (Phi) is 5.14. The Labute approximate surface area is 157 Å². The topological polar surface area (TPSA) is 57.0 Å². The maximum absolute atomic E-state index is 12.9. The first-order valence-electron chi connectivity index (χ1n) is 8.01. The van der Waals surface area contributed by atoms with E-state index >= 15 is 0 Å². The third-order valence-electron chi connectivity index (χ3n) is 3.98. The molecule has 1 aromatic carbocycles. The number of hydrogen-bond acceptors (Lipinski definition) is 5. The molecule has 0 aliphatic heterocycles. The van der Waals surface area contributed by atoms with Crippen molar-refractivity contribution in [1.29, 1.82) is 0 Å². The lowest BCUT2D eigenvalue weighted by atomic mass is 10.1. The summed E-state index contributed by atoms with van der Waals surface area (Å²) in [6.45, 7) is 1.96. The van der Waals surface area contributed by atoms with Crippen LogP contribution in [0.1, 0.15) is 22.8 Å². The standard InChI is InChI=1S/C18H16F3N3O2S/c1-4-27-14-7-10(17(25)26-3)5-6-12(14)15-23-13-8-11(18(19,20)21)9-22-16(13)24(15)2/h5-9H,4H2,1-3H3. The fourth-order valence-corrected chi connectivity index (χ4v) is 3.53. The molecule has 142 valence electrons. The summed E-state index contributed by atoms with van der Waals surface area (Å²) in [6.07, 6.45) is -3.68. The molecule has 3 rings (SSSR count). The van der Waals surface area contributed by atoms with E-state index < -0.39 is 17.7 Å². The minimum absolute atomic E-state index is 0.159. The summed E-state index contributed by atoms with van der Waals surface area (Å²) in [5.41, 5.74) is 0.773. The van der Waals surface area contributed by atoms with E-state index in [2.05, 4.69) is 9.97 Å². The van der Waals surface area contributed by atoms with Gasteiger partial charge in [0.1, 0.15) is 11.3 Å². The Balaban J connectivity index is 2.16. The number of hydrogen-bond donors (Lipinski definition) is 0. The van der Waals surface area contributed by atoms with E-state index in [0.717, 1.165) is 22.9 Å². The number of nitrogens with zero attached hydrogens (tertiary/aromatic N) is 3. The number of carbonyl (C=O) groups excluding carboxylic acids is 1. The zero-order chi connectivity index (χ0) is 19.8. The number of aromatic nitrogens is 3. The van der Waals surface area contributed by atoms with Crippen molar-refractivity contribution in [2.45, 2.75) is 18.0 Å². The smallest absolute Gasteiger partial charge is 0.417 e. The quantitative estimate of drug-likeness (QED) is 0.479. The molecule has 0 atom stereocenters. The highest BCUT2D eigenvalue weighted by atomic mass is 32.2. The van der Waals surface area contributed by atoms with Gasteiger partial charge in [-0.2, -0.15) is 13.2 Å². The molecule has 0 saturated heterocycles. The van der Waals surface area contributed by atoms with E-state index in [1.807, 2.05) is 6.92 Å². The highest BCUT2D eigenvalue weighted by molar-refractivity contribution is 7.99. The first-order chi connectivity index (χ1) is 12.8. The van der Waals surface area contributed by atoms with Crippen LogP contribution >= 0.6 is 11.8 Å². The number of fused-ring (bicyclic) bond motifs is 1. The Bertz CT molecular complexity index is 1010. The van der Waals surface area contributed by atoms with Gasteiger partial charge in [-0.05, 0) is 30.0 Å². The average Bonchev–Trinajstić information content (AvgIpc) is 2.96. The Morgan fingerprint density at radius 2 is 2.04 bits per heavy atom. The van der Waals surface area contributed by atoms with Crippen molar-refractivity contribution >= 4 is 28.9 Å². The summed E-state index contributed by atoms with van der Waals surface area (Å²) in [7, 11) is 3.00.